The predicted octanol–water partition coefficient (Wildman–Crippen LogP) is 0.956. The zero-order valence-electron chi connectivity index (χ0n) is 5.62. The van der Waals surface area contributed by atoms with Crippen LogP contribution in [-0.2, 0) is 6.54 Å². The number of rotatable bonds is 3. The van der Waals surface area contributed by atoms with E-state index in [0.717, 1.165) is 5.69 Å². The molecule has 0 amide bonds. The van der Waals surface area contributed by atoms with Gasteiger partial charge >= 0.3 is 0 Å². The molecule has 0 saturated carbocycles. The van der Waals surface area contributed by atoms with Crippen LogP contribution in [0.3, 0.4) is 0 Å². The van der Waals surface area contributed by atoms with Crippen molar-refractivity contribution in [3.8, 4) is 0 Å². The van der Waals surface area contributed by atoms with Gasteiger partial charge in [-0.25, -0.2) is 0 Å². The van der Waals surface area contributed by atoms with Gasteiger partial charge in [0.2, 0.25) is 0 Å². The van der Waals surface area contributed by atoms with Crippen LogP contribution in [0, 0.1) is 0 Å². The first-order chi connectivity index (χ1) is 4.93. The van der Waals surface area contributed by atoms with Crippen LogP contribution in [0.4, 0.5) is 0 Å². The topological polar surface area (TPSA) is 37.8 Å². The number of hydrogen-bond donors (Lipinski definition) is 1. The van der Waals surface area contributed by atoms with Crippen LogP contribution in [0.15, 0.2) is 31.1 Å². The molecule has 10 heavy (non-hydrogen) atoms. The Morgan fingerprint density at radius 3 is 3.30 bits per heavy atom. The van der Waals surface area contributed by atoms with Gasteiger partial charge in [-0.15, -0.1) is 0 Å². The molecule has 3 heteroatoms. The highest BCUT2D eigenvalue weighted by Crippen LogP contribution is 1.88. The van der Waals surface area contributed by atoms with Crippen LogP contribution in [0.1, 0.15) is 7.12 Å². The number of nitrogens with one attached hydrogen (secondary N) is 1. The molecule has 1 aromatic rings. The molecule has 1 rings (SSSR count). The highest BCUT2D eigenvalue weighted by molar-refractivity contribution is 4.98. The van der Waals surface area contributed by atoms with Crippen LogP contribution < -0.4 is 5.32 Å². The molecule has 0 atom stereocenters. The van der Waals surface area contributed by atoms with Gasteiger partial charge in [0, 0.05) is 7.62 Å². The van der Waals surface area contributed by atoms with Gasteiger partial charge in [-0.1, -0.05) is 6.58 Å². The molecule has 0 radical (unpaired) electrons. The molecular formula is C7H11N3. The fraction of sp³-hybridized carbons (Fsp3) is 0.143. The molecule has 54 valence electrons. The summed E-state index contributed by atoms with van der Waals surface area (Å²) in [4.78, 5) is 0. The highest BCUT2D eigenvalue weighted by Gasteiger charge is 1.87. The largest absolute Gasteiger partial charge is 0.386 e. The van der Waals surface area contributed by atoms with Crippen molar-refractivity contribution in [2.45, 2.75) is 6.54 Å². The monoisotopic (exact) mass is 137 g/mol. The third kappa shape index (κ3) is 1.85. The van der Waals surface area contributed by atoms with Crippen molar-refractivity contribution in [1.82, 2.24) is 15.5 Å². The standard InChI is InChI=1S/C7H9N3.H2/c1-2-8-6-7-4-3-5-9-10-7;/h2-5,8H,1,6H2;1H. The second kappa shape index (κ2) is 3.61. The normalized spacial score (nSPS) is 8.80. The smallest absolute Gasteiger partial charge is 0.0821 e. The zero-order valence-corrected chi connectivity index (χ0v) is 5.62. The summed E-state index contributed by atoms with van der Waals surface area (Å²) >= 11 is 0. The summed E-state index contributed by atoms with van der Waals surface area (Å²) in [6, 6.07) is 3.76. The van der Waals surface area contributed by atoms with Gasteiger partial charge in [-0.2, -0.15) is 10.2 Å². The molecular weight excluding hydrogens is 126 g/mol. The summed E-state index contributed by atoms with van der Waals surface area (Å²) < 4.78 is 0. The van der Waals surface area contributed by atoms with Crippen molar-refractivity contribution in [3.63, 3.8) is 0 Å². The molecule has 1 heterocycles. The van der Waals surface area contributed by atoms with E-state index in [2.05, 4.69) is 22.1 Å². The molecule has 0 aromatic carbocycles. The third-order valence-corrected chi connectivity index (χ3v) is 1.06. The third-order valence-electron chi connectivity index (χ3n) is 1.06. The molecule has 0 bridgehead atoms. The van der Waals surface area contributed by atoms with Crippen LogP contribution in [0.2, 0.25) is 0 Å². The highest BCUT2D eigenvalue weighted by atomic mass is 15.1. The maximum Gasteiger partial charge on any atom is 0.0821 e. The van der Waals surface area contributed by atoms with Crippen LogP contribution >= 0.6 is 0 Å². The van der Waals surface area contributed by atoms with E-state index in [1.165, 1.54) is 0 Å². The van der Waals surface area contributed by atoms with Gasteiger partial charge in [-0.3, -0.25) is 0 Å². The number of nitrogens with zero attached hydrogens (tertiary/aromatic N) is 2. The van der Waals surface area contributed by atoms with Crippen LogP contribution in [-0.4, -0.2) is 10.2 Å². The van der Waals surface area contributed by atoms with Crippen molar-refractivity contribution in [2.75, 3.05) is 0 Å². The molecule has 0 aliphatic rings. The molecule has 1 aromatic heterocycles. The SMILES string of the molecule is C=CNCc1cccnn1.[HH]. The molecule has 0 unspecified atom stereocenters. The van der Waals surface area contributed by atoms with Crippen molar-refractivity contribution >= 4 is 0 Å². The quantitative estimate of drug-likeness (QED) is 0.674. The van der Waals surface area contributed by atoms with Gasteiger partial charge in [0.15, 0.2) is 0 Å². The van der Waals surface area contributed by atoms with E-state index in [1.807, 2.05) is 12.1 Å². The first-order valence-electron chi connectivity index (χ1n) is 3.04. The van der Waals surface area contributed by atoms with E-state index >= 15 is 0 Å². The summed E-state index contributed by atoms with van der Waals surface area (Å²) in [5, 5.41) is 10.5. The zero-order chi connectivity index (χ0) is 7.23. The predicted molar refractivity (Wildman–Crippen MR) is 41.2 cm³/mol. The lowest BCUT2D eigenvalue weighted by atomic mass is 10.4. The van der Waals surface area contributed by atoms with Crippen LogP contribution in [0.5, 0.6) is 0 Å². The Kier molecular flexibility index (Phi) is 2.43. The molecule has 3 nitrogen and oxygen atoms in total. The molecule has 1 N–H and O–H groups in total. The second-order valence-corrected chi connectivity index (χ2v) is 1.80. The summed E-state index contributed by atoms with van der Waals surface area (Å²) in [6.07, 6.45) is 3.28. The Bertz CT molecular complexity index is 200. The molecule has 0 aliphatic carbocycles. The summed E-state index contributed by atoms with van der Waals surface area (Å²) in [5.41, 5.74) is 0.919. The Balaban J connectivity index is 0.000001000. The van der Waals surface area contributed by atoms with Gasteiger partial charge in [0.1, 0.15) is 0 Å². The average Bonchev–Trinajstić information content (AvgIpc) is 2.03. The minimum atomic E-state index is 0. The van der Waals surface area contributed by atoms with E-state index in [-0.39, 0.29) is 1.43 Å². The molecule has 0 saturated heterocycles. The molecule has 0 fully saturated rings. The van der Waals surface area contributed by atoms with Crippen molar-refractivity contribution in [3.05, 3.63) is 36.8 Å². The van der Waals surface area contributed by atoms with E-state index in [4.69, 9.17) is 0 Å². The van der Waals surface area contributed by atoms with Crippen molar-refractivity contribution < 1.29 is 1.43 Å². The van der Waals surface area contributed by atoms with Crippen molar-refractivity contribution in [1.29, 1.82) is 0 Å². The first-order valence-corrected chi connectivity index (χ1v) is 3.04. The lowest BCUT2D eigenvalue weighted by Crippen LogP contribution is -2.05. The average molecular weight is 137 g/mol. The van der Waals surface area contributed by atoms with E-state index in [1.54, 1.807) is 12.4 Å². The lowest BCUT2D eigenvalue weighted by molar-refractivity contribution is 0.804. The lowest BCUT2D eigenvalue weighted by Gasteiger charge is -1.96. The number of aromatic nitrogens is 2. The Morgan fingerprint density at radius 2 is 2.70 bits per heavy atom. The van der Waals surface area contributed by atoms with E-state index < -0.39 is 0 Å². The van der Waals surface area contributed by atoms with Gasteiger partial charge in [-0.05, 0) is 18.3 Å². The van der Waals surface area contributed by atoms with Gasteiger partial charge in [0.05, 0.1) is 12.2 Å². The minimum Gasteiger partial charge on any atom is -0.386 e. The van der Waals surface area contributed by atoms with E-state index in [9.17, 15) is 0 Å². The fourth-order valence-corrected chi connectivity index (χ4v) is 0.604. The molecule has 0 aliphatic heterocycles. The fourth-order valence-electron chi connectivity index (χ4n) is 0.604. The Labute approximate surface area is 61.3 Å². The second-order valence-electron chi connectivity index (χ2n) is 1.80. The summed E-state index contributed by atoms with van der Waals surface area (Å²) in [5.74, 6) is 0. The first kappa shape index (κ1) is 6.74. The minimum absolute atomic E-state index is 0. The van der Waals surface area contributed by atoms with Crippen molar-refractivity contribution in [2.24, 2.45) is 0 Å². The molecule has 0 spiro atoms. The number of hydrogen-bond acceptors (Lipinski definition) is 3. The Morgan fingerprint density at radius 1 is 1.80 bits per heavy atom. The van der Waals surface area contributed by atoms with Gasteiger partial charge < -0.3 is 5.32 Å². The van der Waals surface area contributed by atoms with E-state index in [0.29, 0.717) is 6.54 Å². The van der Waals surface area contributed by atoms with Gasteiger partial charge in [0.25, 0.3) is 0 Å². The van der Waals surface area contributed by atoms with Crippen LogP contribution in [0.25, 0.3) is 0 Å². The maximum atomic E-state index is 3.86. The summed E-state index contributed by atoms with van der Waals surface area (Å²) in [7, 11) is 0. The summed E-state index contributed by atoms with van der Waals surface area (Å²) in [6.45, 7) is 4.21. The maximum absolute atomic E-state index is 3.86. The Hall–Kier alpha value is -1.38.